The number of nitrogens with one attached hydrogen (secondary N) is 1. The molecule has 32 heavy (non-hydrogen) atoms. The van der Waals surface area contributed by atoms with Crippen molar-refractivity contribution in [2.24, 2.45) is 0 Å². The van der Waals surface area contributed by atoms with Crippen LogP contribution < -0.4 is 19.5 Å². The third kappa shape index (κ3) is 5.59. The van der Waals surface area contributed by atoms with Crippen LogP contribution in [0.4, 0.5) is 4.79 Å². The summed E-state index contributed by atoms with van der Waals surface area (Å²) in [6.07, 6.45) is 1.19. The van der Waals surface area contributed by atoms with Crippen LogP contribution in [0, 0.1) is 0 Å². The first-order valence-electron chi connectivity index (χ1n) is 9.94. The molecule has 8 heteroatoms. The van der Waals surface area contributed by atoms with E-state index in [1.807, 2.05) is 54.6 Å². The van der Waals surface area contributed by atoms with E-state index < -0.39 is 0 Å². The van der Waals surface area contributed by atoms with Gasteiger partial charge in [-0.1, -0.05) is 36.0 Å². The van der Waals surface area contributed by atoms with Crippen molar-refractivity contribution >= 4 is 63.2 Å². The Morgan fingerprint density at radius 1 is 0.938 bits per heavy atom. The molecular formula is C24H24NNaO5S. The molecule has 0 spiro atoms. The zero-order valence-corrected chi connectivity index (χ0v) is 18.2. The number of carbonyl (C=O) groups is 2. The molecule has 1 unspecified atom stereocenters. The van der Waals surface area contributed by atoms with E-state index in [1.165, 1.54) is 0 Å². The van der Waals surface area contributed by atoms with Gasteiger partial charge in [-0.15, -0.1) is 0 Å². The number of hydrogen-bond donors (Lipinski definition) is 1. The second-order valence-electron chi connectivity index (χ2n) is 7.16. The predicted octanol–water partition coefficient (Wildman–Crippen LogP) is 3.72. The number of fused-ring (bicyclic) bond motifs is 1. The van der Waals surface area contributed by atoms with Crippen LogP contribution in [-0.2, 0) is 17.6 Å². The van der Waals surface area contributed by atoms with Crippen LogP contribution in [0.5, 0.6) is 17.2 Å². The van der Waals surface area contributed by atoms with Crippen LogP contribution in [0.25, 0.3) is 10.8 Å². The molecule has 3 aromatic carbocycles. The second-order valence-corrected chi connectivity index (χ2v) is 8.34. The number of thioether (sulfide) groups is 1. The average molecular weight is 462 g/mol. The quantitative estimate of drug-likeness (QED) is 0.516. The maximum atomic E-state index is 11.7. The molecule has 0 aliphatic carbocycles. The molecule has 0 radical (unpaired) electrons. The van der Waals surface area contributed by atoms with Gasteiger partial charge in [0.15, 0.2) is 0 Å². The Morgan fingerprint density at radius 2 is 1.66 bits per heavy atom. The normalized spacial score (nSPS) is 15.2. The molecule has 4 rings (SSSR count). The minimum atomic E-state index is -0.366. The number of benzene rings is 3. The molecule has 162 valence electrons. The van der Waals surface area contributed by atoms with E-state index in [0.29, 0.717) is 19.4 Å². The fourth-order valence-electron chi connectivity index (χ4n) is 3.65. The first-order valence-corrected chi connectivity index (χ1v) is 10.8. The first kappa shape index (κ1) is 24.5. The Balaban J connectivity index is 0.00000289. The molecule has 6 nitrogen and oxygen atoms in total. The SMILES string of the molecule is COc1ccc2ccc(OC)c(CCOc3ccc(CC4SC(=O)NC4=O)cc3)c2c1.[NaH]. The summed E-state index contributed by atoms with van der Waals surface area (Å²) in [5, 5.41) is 3.87. The molecule has 1 saturated heterocycles. The van der Waals surface area contributed by atoms with E-state index in [1.54, 1.807) is 14.2 Å². The standard InChI is InChI=1S/C24H23NO5S.Na.H/c1-28-18-9-5-16-6-10-21(29-2)19(20(16)14-18)11-12-30-17-7-3-15(4-8-17)13-22-23(26)25-24(27)31-22;;/h3-10,14,22H,11-13H2,1-2H3,(H,25,26,27);;. The van der Waals surface area contributed by atoms with E-state index in [0.717, 1.165) is 50.9 Å². The third-order valence-electron chi connectivity index (χ3n) is 5.25. The second kappa shape index (κ2) is 11.1. The topological polar surface area (TPSA) is 73.9 Å². The summed E-state index contributed by atoms with van der Waals surface area (Å²) in [4.78, 5) is 23.0. The summed E-state index contributed by atoms with van der Waals surface area (Å²) in [6, 6.07) is 17.6. The first-order chi connectivity index (χ1) is 15.1. The van der Waals surface area contributed by atoms with Gasteiger partial charge in [-0.05, 0) is 53.1 Å². The van der Waals surface area contributed by atoms with Gasteiger partial charge in [0.05, 0.1) is 26.1 Å². The van der Waals surface area contributed by atoms with Gasteiger partial charge < -0.3 is 14.2 Å². The number of ether oxygens (including phenoxy) is 3. The van der Waals surface area contributed by atoms with Crippen molar-refractivity contribution < 1.29 is 23.8 Å². The Labute approximate surface area is 213 Å². The number of imide groups is 1. The fraction of sp³-hybridized carbons (Fsp3) is 0.250. The van der Waals surface area contributed by atoms with Crippen LogP contribution in [0.2, 0.25) is 0 Å². The molecule has 2 amide bonds. The molecule has 1 aliphatic heterocycles. The average Bonchev–Trinajstić information content (AvgIpc) is 3.11. The summed E-state index contributed by atoms with van der Waals surface area (Å²) in [5.74, 6) is 2.15. The zero-order valence-electron chi connectivity index (χ0n) is 17.3. The molecule has 0 aromatic heterocycles. The Kier molecular flexibility index (Phi) is 8.48. The molecule has 1 aliphatic rings. The van der Waals surface area contributed by atoms with Crippen LogP contribution in [-0.4, -0.2) is 66.8 Å². The monoisotopic (exact) mass is 461 g/mol. The van der Waals surface area contributed by atoms with Gasteiger partial charge in [-0.2, -0.15) is 0 Å². The summed E-state index contributed by atoms with van der Waals surface area (Å²) in [7, 11) is 3.32. The molecule has 1 N–H and O–H groups in total. The van der Waals surface area contributed by atoms with Crippen molar-refractivity contribution in [3.8, 4) is 17.2 Å². The Bertz CT molecular complexity index is 1110. The van der Waals surface area contributed by atoms with Gasteiger partial charge in [-0.3, -0.25) is 14.9 Å². The van der Waals surface area contributed by atoms with Crippen LogP contribution >= 0.6 is 11.8 Å². The number of amides is 2. The van der Waals surface area contributed by atoms with Gasteiger partial charge in [0.25, 0.3) is 5.24 Å². The molecule has 1 fully saturated rings. The summed E-state index contributed by atoms with van der Waals surface area (Å²) in [6.45, 7) is 0.488. The molecule has 1 atom stereocenters. The minimum absolute atomic E-state index is 0. The number of rotatable bonds is 8. The van der Waals surface area contributed by atoms with Gasteiger partial charge >= 0.3 is 29.6 Å². The van der Waals surface area contributed by atoms with E-state index in [2.05, 4.69) is 5.32 Å². The molecule has 0 saturated carbocycles. The molecule has 1 heterocycles. The van der Waals surface area contributed by atoms with Crippen molar-refractivity contribution in [3.05, 3.63) is 65.7 Å². The van der Waals surface area contributed by atoms with Crippen molar-refractivity contribution in [2.45, 2.75) is 18.1 Å². The van der Waals surface area contributed by atoms with Crippen LogP contribution in [0.15, 0.2) is 54.6 Å². The predicted molar refractivity (Wildman–Crippen MR) is 128 cm³/mol. The Morgan fingerprint density at radius 3 is 2.31 bits per heavy atom. The van der Waals surface area contributed by atoms with Crippen molar-refractivity contribution in [2.75, 3.05) is 20.8 Å². The summed E-state index contributed by atoms with van der Waals surface area (Å²) < 4.78 is 16.9. The van der Waals surface area contributed by atoms with E-state index in [9.17, 15) is 9.59 Å². The molecule has 3 aromatic rings. The zero-order chi connectivity index (χ0) is 21.8. The number of hydrogen-bond acceptors (Lipinski definition) is 6. The van der Waals surface area contributed by atoms with E-state index in [-0.39, 0.29) is 46.0 Å². The van der Waals surface area contributed by atoms with Crippen molar-refractivity contribution in [3.63, 3.8) is 0 Å². The van der Waals surface area contributed by atoms with E-state index in [4.69, 9.17) is 14.2 Å². The third-order valence-corrected chi connectivity index (χ3v) is 6.23. The molecular weight excluding hydrogens is 437 g/mol. The Hall–Kier alpha value is -2.19. The van der Waals surface area contributed by atoms with Crippen molar-refractivity contribution in [1.82, 2.24) is 5.32 Å². The van der Waals surface area contributed by atoms with Gasteiger partial charge in [0, 0.05) is 12.0 Å². The van der Waals surface area contributed by atoms with Gasteiger partial charge in [-0.25, -0.2) is 0 Å². The van der Waals surface area contributed by atoms with Gasteiger partial charge in [0.1, 0.15) is 17.2 Å². The fourth-order valence-corrected chi connectivity index (χ4v) is 4.51. The summed E-state index contributed by atoms with van der Waals surface area (Å²) >= 11 is 1.04. The number of carbonyl (C=O) groups excluding carboxylic acids is 2. The van der Waals surface area contributed by atoms with Crippen LogP contribution in [0.1, 0.15) is 11.1 Å². The maximum absolute atomic E-state index is 11.7. The molecule has 0 bridgehead atoms. The van der Waals surface area contributed by atoms with Crippen LogP contribution in [0.3, 0.4) is 0 Å². The van der Waals surface area contributed by atoms with Gasteiger partial charge in [0.2, 0.25) is 5.91 Å². The van der Waals surface area contributed by atoms with E-state index >= 15 is 0 Å². The number of methoxy groups -OCH3 is 2. The van der Waals surface area contributed by atoms with Crippen molar-refractivity contribution in [1.29, 1.82) is 0 Å². The summed E-state index contributed by atoms with van der Waals surface area (Å²) in [5.41, 5.74) is 2.06.